The predicted molar refractivity (Wildman–Crippen MR) is 71.4 cm³/mol. The molecule has 2 aromatic rings. The Morgan fingerprint density at radius 1 is 1.47 bits per heavy atom. The van der Waals surface area contributed by atoms with Gasteiger partial charge in [-0.05, 0) is 25.1 Å². The molecule has 1 aromatic heterocycles. The summed E-state index contributed by atoms with van der Waals surface area (Å²) < 4.78 is 20.3. The Morgan fingerprint density at radius 2 is 2.26 bits per heavy atom. The van der Waals surface area contributed by atoms with Crippen LogP contribution in [0.3, 0.4) is 0 Å². The van der Waals surface area contributed by atoms with E-state index in [2.05, 4.69) is 10.4 Å². The van der Waals surface area contributed by atoms with Crippen LogP contribution < -0.4 is 10.1 Å². The van der Waals surface area contributed by atoms with E-state index in [1.54, 1.807) is 17.9 Å². The number of ether oxygens (including phenoxy) is 1. The lowest BCUT2D eigenvalue weighted by Gasteiger charge is -2.17. The third-order valence-electron chi connectivity index (χ3n) is 3.03. The van der Waals surface area contributed by atoms with E-state index in [4.69, 9.17) is 4.74 Å². The van der Waals surface area contributed by atoms with Crippen LogP contribution in [0.25, 0.3) is 0 Å². The van der Waals surface area contributed by atoms with E-state index in [0.29, 0.717) is 12.3 Å². The molecule has 1 N–H and O–H groups in total. The number of nitrogens with one attached hydrogen (secondary N) is 1. The maximum absolute atomic E-state index is 13.3. The molecule has 102 valence electrons. The SMILES string of the molecule is COc1ccc(F)cc1[C@@H](C)NCc1cnn(C)c1. The first-order chi connectivity index (χ1) is 9.10. The van der Waals surface area contributed by atoms with Crippen molar-refractivity contribution in [1.29, 1.82) is 0 Å². The highest BCUT2D eigenvalue weighted by Gasteiger charge is 2.12. The Balaban J connectivity index is 2.06. The van der Waals surface area contributed by atoms with Crippen LogP contribution in [0, 0.1) is 5.82 Å². The van der Waals surface area contributed by atoms with Gasteiger partial charge in [-0.2, -0.15) is 5.10 Å². The van der Waals surface area contributed by atoms with Crippen molar-refractivity contribution < 1.29 is 9.13 Å². The minimum atomic E-state index is -0.258. The van der Waals surface area contributed by atoms with E-state index >= 15 is 0 Å². The van der Waals surface area contributed by atoms with Crippen LogP contribution in [0.4, 0.5) is 4.39 Å². The zero-order valence-electron chi connectivity index (χ0n) is 11.4. The highest BCUT2D eigenvalue weighted by molar-refractivity contribution is 5.36. The molecule has 0 saturated carbocycles. The fraction of sp³-hybridized carbons (Fsp3) is 0.357. The van der Waals surface area contributed by atoms with E-state index in [1.807, 2.05) is 26.4 Å². The summed E-state index contributed by atoms with van der Waals surface area (Å²) in [6.07, 6.45) is 3.76. The average molecular weight is 263 g/mol. The van der Waals surface area contributed by atoms with Gasteiger partial charge < -0.3 is 10.1 Å². The zero-order valence-corrected chi connectivity index (χ0v) is 11.4. The lowest BCUT2D eigenvalue weighted by atomic mass is 10.1. The second kappa shape index (κ2) is 5.84. The molecule has 0 spiro atoms. The van der Waals surface area contributed by atoms with Crippen LogP contribution in [0.2, 0.25) is 0 Å². The number of rotatable bonds is 5. The van der Waals surface area contributed by atoms with Crippen molar-refractivity contribution in [3.05, 3.63) is 47.5 Å². The number of hydrogen-bond acceptors (Lipinski definition) is 3. The van der Waals surface area contributed by atoms with Crippen LogP contribution in [-0.4, -0.2) is 16.9 Å². The molecule has 0 aliphatic carbocycles. The van der Waals surface area contributed by atoms with Crippen molar-refractivity contribution in [2.24, 2.45) is 7.05 Å². The number of aromatic nitrogens is 2. The molecular formula is C14H18FN3O. The molecule has 4 nitrogen and oxygen atoms in total. The third-order valence-corrected chi connectivity index (χ3v) is 3.03. The Hall–Kier alpha value is -1.88. The molecule has 1 atom stereocenters. The van der Waals surface area contributed by atoms with E-state index in [-0.39, 0.29) is 11.9 Å². The summed E-state index contributed by atoms with van der Waals surface area (Å²) in [5.74, 6) is 0.429. The van der Waals surface area contributed by atoms with Gasteiger partial charge in [-0.3, -0.25) is 4.68 Å². The molecular weight excluding hydrogens is 245 g/mol. The van der Waals surface area contributed by atoms with Crippen molar-refractivity contribution in [1.82, 2.24) is 15.1 Å². The van der Waals surface area contributed by atoms with Gasteiger partial charge in [0.25, 0.3) is 0 Å². The summed E-state index contributed by atoms with van der Waals surface area (Å²) in [6, 6.07) is 4.54. The maximum atomic E-state index is 13.3. The van der Waals surface area contributed by atoms with Crippen molar-refractivity contribution in [3.8, 4) is 5.75 Å². The quantitative estimate of drug-likeness (QED) is 0.900. The first-order valence-corrected chi connectivity index (χ1v) is 6.14. The van der Waals surface area contributed by atoms with Gasteiger partial charge >= 0.3 is 0 Å². The number of aryl methyl sites for hydroxylation is 1. The summed E-state index contributed by atoms with van der Waals surface area (Å²) in [5.41, 5.74) is 1.90. The minimum absolute atomic E-state index is 0.00847. The average Bonchev–Trinajstić information content (AvgIpc) is 2.81. The molecule has 0 bridgehead atoms. The highest BCUT2D eigenvalue weighted by atomic mass is 19.1. The molecule has 1 heterocycles. The van der Waals surface area contributed by atoms with Gasteiger partial charge in [0.05, 0.1) is 13.3 Å². The van der Waals surface area contributed by atoms with Gasteiger partial charge in [-0.25, -0.2) is 4.39 Å². The standard InChI is InChI=1S/C14H18FN3O/c1-10(16-7-11-8-17-18(2)9-11)13-6-12(15)4-5-14(13)19-3/h4-6,8-10,16H,7H2,1-3H3/t10-/m1/s1. The topological polar surface area (TPSA) is 39.1 Å². The predicted octanol–water partition coefficient (Wildman–Crippen LogP) is 2.42. The molecule has 2 rings (SSSR count). The lowest BCUT2D eigenvalue weighted by Crippen LogP contribution is -2.18. The number of nitrogens with zero attached hydrogens (tertiary/aromatic N) is 2. The van der Waals surface area contributed by atoms with Crippen molar-refractivity contribution in [3.63, 3.8) is 0 Å². The van der Waals surface area contributed by atoms with E-state index < -0.39 is 0 Å². The summed E-state index contributed by atoms with van der Waals surface area (Å²) in [4.78, 5) is 0. The molecule has 0 radical (unpaired) electrons. The van der Waals surface area contributed by atoms with Crippen LogP contribution in [0.15, 0.2) is 30.6 Å². The Labute approximate surface area is 112 Å². The number of halogens is 1. The van der Waals surface area contributed by atoms with Gasteiger partial charge in [-0.1, -0.05) is 0 Å². The largest absolute Gasteiger partial charge is 0.496 e. The summed E-state index contributed by atoms with van der Waals surface area (Å²) >= 11 is 0. The first-order valence-electron chi connectivity index (χ1n) is 6.14. The molecule has 0 unspecified atom stereocenters. The number of methoxy groups -OCH3 is 1. The normalized spacial score (nSPS) is 12.4. The molecule has 5 heteroatoms. The van der Waals surface area contributed by atoms with E-state index in [0.717, 1.165) is 11.1 Å². The molecule has 0 fully saturated rings. The summed E-state index contributed by atoms with van der Waals surface area (Å²) in [6.45, 7) is 2.66. The van der Waals surface area contributed by atoms with Gasteiger partial charge in [0.15, 0.2) is 0 Å². The fourth-order valence-corrected chi connectivity index (χ4v) is 1.99. The van der Waals surface area contributed by atoms with Crippen molar-refractivity contribution in [2.75, 3.05) is 7.11 Å². The first kappa shape index (κ1) is 13.5. The smallest absolute Gasteiger partial charge is 0.123 e. The highest BCUT2D eigenvalue weighted by Crippen LogP contribution is 2.25. The Kier molecular flexibility index (Phi) is 4.16. The minimum Gasteiger partial charge on any atom is -0.496 e. The van der Waals surface area contributed by atoms with Crippen LogP contribution in [-0.2, 0) is 13.6 Å². The number of benzene rings is 1. The zero-order chi connectivity index (χ0) is 13.8. The van der Waals surface area contributed by atoms with Gasteiger partial charge in [0.2, 0.25) is 0 Å². The molecule has 0 amide bonds. The summed E-state index contributed by atoms with van der Waals surface area (Å²) in [7, 11) is 3.47. The second-order valence-corrected chi connectivity index (χ2v) is 4.51. The van der Waals surface area contributed by atoms with E-state index in [9.17, 15) is 4.39 Å². The Bertz CT molecular complexity index is 553. The molecule has 1 aromatic carbocycles. The molecule has 0 aliphatic rings. The van der Waals surface area contributed by atoms with Gasteiger partial charge in [-0.15, -0.1) is 0 Å². The lowest BCUT2D eigenvalue weighted by molar-refractivity contribution is 0.399. The monoisotopic (exact) mass is 263 g/mol. The number of hydrogen-bond donors (Lipinski definition) is 1. The fourth-order valence-electron chi connectivity index (χ4n) is 1.99. The molecule has 0 aliphatic heterocycles. The third kappa shape index (κ3) is 3.32. The van der Waals surface area contributed by atoms with Crippen LogP contribution >= 0.6 is 0 Å². The van der Waals surface area contributed by atoms with Crippen molar-refractivity contribution in [2.45, 2.75) is 19.5 Å². The van der Waals surface area contributed by atoms with Crippen molar-refractivity contribution >= 4 is 0 Å². The second-order valence-electron chi connectivity index (χ2n) is 4.51. The molecule has 19 heavy (non-hydrogen) atoms. The Morgan fingerprint density at radius 3 is 2.89 bits per heavy atom. The maximum Gasteiger partial charge on any atom is 0.123 e. The van der Waals surface area contributed by atoms with Gasteiger partial charge in [0, 0.05) is 37.0 Å². The van der Waals surface area contributed by atoms with Gasteiger partial charge in [0.1, 0.15) is 11.6 Å². The van der Waals surface area contributed by atoms with E-state index in [1.165, 1.54) is 12.1 Å². The van der Waals surface area contributed by atoms with Crippen LogP contribution in [0.1, 0.15) is 24.1 Å². The molecule has 0 saturated heterocycles. The summed E-state index contributed by atoms with van der Waals surface area (Å²) in [5, 5.41) is 7.44. The van der Waals surface area contributed by atoms with Crippen LogP contribution in [0.5, 0.6) is 5.75 Å².